The summed E-state index contributed by atoms with van der Waals surface area (Å²) in [5, 5.41) is 11.9. The van der Waals surface area contributed by atoms with Gasteiger partial charge in [-0.3, -0.25) is 9.59 Å². The van der Waals surface area contributed by atoms with E-state index in [0.717, 1.165) is 36.6 Å². The molecule has 180 valence electrons. The molecule has 0 heterocycles. The minimum Gasteiger partial charge on any atom is -0.465 e. The highest BCUT2D eigenvalue weighted by Crippen LogP contribution is 2.25. The molecule has 1 aliphatic rings. The zero-order valence-electron chi connectivity index (χ0n) is 18.3. The van der Waals surface area contributed by atoms with Crippen LogP contribution in [-0.2, 0) is 20.9 Å². The second kappa shape index (κ2) is 13.9. The Balaban J connectivity index is 0.000000354. The average molecular weight is 468 g/mol. The summed E-state index contributed by atoms with van der Waals surface area (Å²) >= 11 is 0. The van der Waals surface area contributed by atoms with Gasteiger partial charge in [0.25, 0.3) is 0 Å². The zero-order valence-corrected chi connectivity index (χ0v) is 18.3. The van der Waals surface area contributed by atoms with Gasteiger partial charge in [-0.25, -0.2) is 4.79 Å². The van der Waals surface area contributed by atoms with Crippen molar-refractivity contribution in [3.8, 4) is 11.1 Å². The van der Waals surface area contributed by atoms with Gasteiger partial charge in [-0.05, 0) is 35.6 Å². The van der Waals surface area contributed by atoms with Crippen LogP contribution >= 0.6 is 0 Å². The second-order valence-corrected chi connectivity index (χ2v) is 6.87. The third kappa shape index (κ3) is 10.6. The lowest BCUT2D eigenvalue weighted by Gasteiger charge is -2.08. The number of amides is 2. The monoisotopic (exact) mass is 468 g/mol. The molecule has 0 bridgehead atoms. The molecule has 1 saturated carbocycles. The fourth-order valence-electron chi connectivity index (χ4n) is 2.67. The van der Waals surface area contributed by atoms with Crippen molar-refractivity contribution in [3.05, 3.63) is 59.7 Å². The van der Waals surface area contributed by atoms with Crippen molar-refractivity contribution in [3.63, 3.8) is 0 Å². The molecular weight excluding hydrogens is 441 g/mol. The number of halogens is 3. The summed E-state index contributed by atoms with van der Waals surface area (Å²) in [7, 11) is 2.37. The van der Waals surface area contributed by atoms with Gasteiger partial charge in [0.05, 0.1) is 12.7 Å². The summed E-state index contributed by atoms with van der Waals surface area (Å²) < 4.78 is 39.3. The Kier molecular flexibility index (Phi) is 11.6. The van der Waals surface area contributed by atoms with E-state index in [9.17, 15) is 27.6 Å². The number of benzene rings is 2. The van der Waals surface area contributed by atoms with Crippen molar-refractivity contribution < 1.29 is 37.4 Å². The van der Waals surface area contributed by atoms with Crippen LogP contribution in [0.4, 0.5) is 13.2 Å². The van der Waals surface area contributed by atoms with Gasteiger partial charge in [-0.1, -0.05) is 42.5 Å². The fourth-order valence-corrected chi connectivity index (χ4v) is 2.67. The van der Waals surface area contributed by atoms with E-state index in [0.29, 0.717) is 18.5 Å². The number of rotatable bonds is 7. The number of carbonyl (C=O) groups excluding carboxylic acids is 3. The summed E-state index contributed by atoms with van der Waals surface area (Å²) in [6.07, 6.45) is -3.45. The molecule has 0 unspecified atom stereocenters. The van der Waals surface area contributed by atoms with Crippen LogP contribution in [0.3, 0.4) is 0 Å². The smallest absolute Gasteiger partial charge is 0.397 e. The number of hydrogen-bond donors (Lipinski definition) is 3. The zero-order chi connectivity index (χ0) is 24.9. The van der Waals surface area contributed by atoms with Crippen LogP contribution in [0.25, 0.3) is 11.1 Å². The van der Waals surface area contributed by atoms with E-state index in [1.807, 2.05) is 36.4 Å². The molecular formula is C23H27F3N2O5. The van der Waals surface area contributed by atoms with E-state index in [1.165, 1.54) is 7.11 Å². The number of aliphatic hydroxyl groups is 1. The van der Waals surface area contributed by atoms with Crippen molar-refractivity contribution in [1.29, 1.82) is 0 Å². The molecule has 2 aromatic carbocycles. The summed E-state index contributed by atoms with van der Waals surface area (Å²) in [5.74, 6) is -1.27. The minimum absolute atomic E-state index is 0.00449. The number of carbonyl (C=O) groups is 3. The number of esters is 1. The maximum absolute atomic E-state index is 11.7. The summed E-state index contributed by atoms with van der Waals surface area (Å²) in [5.41, 5.74) is 3.29. The molecule has 7 nitrogen and oxygen atoms in total. The quantitative estimate of drug-likeness (QED) is 0.428. The Hall–Kier alpha value is -3.40. The van der Waals surface area contributed by atoms with Crippen LogP contribution in [-0.4, -0.2) is 49.8 Å². The molecule has 2 aromatic rings. The number of hydrogen-bond acceptors (Lipinski definition) is 5. The molecule has 0 aliphatic heterocycles. The molecule has 1 fully saturated rings. The van der Waals surface area contributed by atoms with Gasteiger partial charge >= 0.3 is 12.1 Å². The van der Waals surface area contributed by atoms with Gasteiger partial charge in [-0.2, -0.15) is 13.2 Å². The van der Waals surface area contributed by atoms with Crippen LogP contribution in [0.15, 0.2) is 48.5 Å². The highest BCUT2D eigenvalue weighted by atomic mass is 19.4. The van der Waals surface area contributed by atoms with E-state index in [-0.39, 0.29) is 12.0 Å². The lowest BCUT2D eigenvalue weighted by Crippen LogP contribution is -2.29. The van der Waals surface area contributed by atoms with Gasteiger partial charge < -0.3 is 20.5 Å². The molecule has 0 spiro atoms. The predicted octanol–water partition coefficient (Wildman–Crippen LogP) is 3.21. The summed E-state index contributed by atoms with van der Waals surface area (Å²) in [6, 6.07) is 15.0. The Morgan fingerprint density at radius 2 is 1.70 bits per heavy atom. The first-order chi connectivity index (χ1) is 15.7. The van der Waals surface area contributed by atoms with E-state index < -0.39 is 18.5 Å². The number of nitrogens with one attached hydrogen (secondary N) is 2. The number of aliphatic hydroxyl groups excluding tert-OH is 1. The van der Waals surface area contributed by atoms with E-state index in [2.05, 4.69) is 10.6 Å². The first-order valence-electron chi connectivity index (χ1n) is 9.98. The van der Waals surface area contributed by atoms with Crippen molar-refractivity contribution in [2.45, 2.75) is 38.0 Å². The predicted molar refractivity (Wildman–Crippen MR) is 116 cm³/mol. The SMILES string of the molecule is CO.COC(=O)c1ccccc1-c1ccc(CNC=O)cc1.O=C(CC(F)(F)F)NC1CC1. The van der Waals surface area contributed by atoms with E-state index >= 15 is 0 Å². The van der Waals surface area contributed by atoms with Crippen molar-refractivity contribution in [1.82, 2.24) is 10.6 Å². The van der Waals surface area contributed by atoms with Gasteiger partial charge in [0.1, 0.15) is 6.42 Å². The van der Waals surface area contributed by atoms with Crippen LogP contribution in [0, 0.1) is 0 Å². The molecule has 0 aromatic heterocycles. The number of methoxy groups -OCH3 is 1. The normalized spacial score (nSPS) is 12.2. The van der Waals surface area contributed by atoms with Crippen molar-refractivity contribution >= 4 is 18.3 Å². The van der Waals surface area contributed by atoms with E-state index in [4.69, 9.17) is 9.84 Å². The van der Waals surface area contributed by atoms with Gasteiger partial charge in [0.15, 0.2) is 0 Å². The van der Waals surface area contributed by atoms with Gasteiger partial charge in [0.2, 0.25) is 12.3 Å². The Morgan fingerprint density at radius 1 is 1.09 bits per heavy atom. The Morgan fingerprint density at radius 3 is 2.21 bits per heavy atom. The molecule has 10 heteroatoms. The third-order valence-corrected chi connectivity index (χ3v) is 4.29. The molecule has 2 amide bonds. The van der Waals surface area contributed by atoms with Crippen LogP contribution in [0.1, 0.15) is 35.2 Å². The molecule has 33 heavy (non-hydrogen) atoms. The average Bonchev–Trinajstić information content (AvgIpc) is 3.62. The topological polar surface area (TPSA) is 105 Å². The summed E-state index contributed by atoms with van der Waals surface area (Å²) in [6.45, 7) is 0.489. The highest BCUT2D eigenvalue weighted by Gasteiger charge is 2.33. The molecule has 3 rings (SSSR count). The molecule has 0 radical (unpaired) electrons. The first-order valence-corrected chi connectivity index (χ1v) is 9.98. The lowest BCUT2D eigenvalue weighted by atomic mass is 9.99. The minimum atomic E-state index is -4.38. The lowest BCUT2D eigenvalue weighted by molar-refractivity contribution is -0.153. The molecule has 0 atom stereocenters. The maximum Gasteiger partial charge on any atom is 0.397 e. The standard InChI is InChI=1S/C16H15NO3.C6H8F3NO.CH4O/c1-20-16(19)15-5-3-2-4-14(15)13-8-6-12(7-9-13)10-17-11-18;7-6(8,9)3-5(11)10-4-1-2-4;1-2/h2-9,11H,10H2,1H3,(H,17,18);4H,1-3H2,(H,10,11);2H,1H3. The van der Waals surface area contributed by atoms with Gasteiger partial charge in [0, 0.05) is 19.7 Å². The molecule has 0 saturated heterocycles. The first kappa shape index (κ1) is 27.6. The van der Waals surface area contributed by atoms with Crippen LogP contribution in [0.5, 0.6) is 0 Å². The summed E-state index contributed by atoms with van der Waals surface area (Å²) in [4.78, 5) is 32.5. The van der Waals surface area contributed by atoms with Gasteiger partial charge in [-0.15, -0.1) is 0 Å². The molecule has 3 N–H and O–H groups in total. The number of ether oxygens (including phenoxy) is 1. The Labute approximate surface area is 189 Å². The van der Waals surface area contributed by atoms with Crippen molar-refractivity contribution in [2.24, 2.45) is 0 Å². The second-order valence-electron chi connectivity index (χ2n) is 6.87. The number of alkyl halides is 3. The highest BCUT2D eigenvalue weighted by molar-refractivity contribution is 5.97. The largest absolute Gasteiger partial charge is 0.465 e. The molecule has 1 aliphatic carbocycles. The Bertz CT molecular complexity index is 898. The fraction of sp³-hybridized carbons (Fsp3) is 0.348. The maximum atomic E-state index is 11.7. The van der Waals surface area contributed by atoms with Crippen LogP contribution < -0.4 is 10.6 Å². The van der Waals surface area contributed by atoms with Crippen molar-refractivity contribution in [2.75, 3.05) is 14.2 Å². The van der Waals surface area contributed by atoms with E-state index in [1.54, 1.807) is 12.1 Å². The van der Waals surface area contributed by atoms with Crippen LogP contribution in [0.2, 0.25) is 0 Å². The third-order valence-electron chi connectivity index (χ3n) is 4.29.